The minimum absolute atomic E-state index is 0.113. The Kier molecular flexibility index (Phi) is 6.23. The minimum atomic E-state index is -1.10. The van der Waals surface area contributed by atoms with Crippen molar-refractivity contribution >= 4 is 28.7 Å². The summed E-state index contributed by atoms with van der Waals surface area (Å²) in [6.07, 6.45) is -0.781. The lowest BCUT2D eigenvalue weighted by molar-refractivity contribution is -0.123. The van der Waals surface area contributed by atoms with E-state index in [2.05, 4.69) is 15.3 Å². The van der Waals surface area contributed by atoms with Crippen LogP contribution in [0.15, 0.2) is 42.6 Å². The summed E-state index contributed by atoms with van der Waals surface area (Å²) in [4.78, 5) is 35.0. The van der Waals surface area contributed by atoms with Gasteiger partial charge in [-0.2, -0.15) is 0 Å². The number of cyclic esters (lactones) is 1. The van der Waals surface area contributed by atoms with Crippen molar-refractivity contribution in [1.29, 1.82) is 0 Å². The van der Waals surface area contributed by atoms with Gasteiger partial charge in [-0.25, -0.2) is 9.78 Å². The quantitative estimate of drug-likeness (QED) is 0.521. The maximum Gasteiger partial charge on any atom is 0.414 e. The van der Waals surface area contributed by atoms with Crippen LogP contribution in [0.5, 0.6) is 17.4 Å². The van der Waals surface area contributed by atoms with Crippen molar-refractivity contribution in [1.82, 2.24) is 15.3 Å². The lowest BCUT2D eigenvalue weighted by Crippen LogP contribution is -2.35. The zero-order chi connectivity index (χ0) is 24.4. The molecule has 4 heterocycles. The highest BCUT2D eigenvalue weighted by Gasteiger charge is 2.33. The van der Waals surface area contributed by atoms with Gasteiger partial charge in [-0.15, -0.1) is 0 Å². The Bertz CT molecular complexity index is 1270. The van der Waals surface area contributed by atoms with Crippen LogP contribution in [0, 0.1) is 0 Å². The standard InChI is InChI=1S/C24H24N4O7/c1-32-22-5-3-17-23(27-22)16(6-7-25-17)18(29)11-21(30)26-12-15-13-28(24(31)35-15)14-2-4-19-20(10-14)34-9-8-33-19/h2-7,10,15,18,29H,8-9,11-13H2,1H3,(H,26,30)/t15?,18-/m0/s1. The predicted molar refractivity (Wildman–Crippen MR) is 124 cm³/mol. The maximum atomic E-state index is 12.5. The lowest BCUT2D eigenvalue weighted by Gasteiger charge is -2.21. The average Bonchev–Trinajstić information content (AvgIpc) is 3.26. The molecule has 1 aromatic carbocycles. The molecule has 11 nitrogen and oxygen atoms in total. The van der Waals surface area contributed by atoms with Crippen LogP contribution in [-0.4, -0.2) is 66.6 Å². The van der Waals surface area contributed by atoms with E-state index < -0.39 is 18.3 Å². The molecule has 2 atom stereocenters. The first-order valence-electron chi connectivity index (χ1n) is 11.1. The molecule has 35 heavy (non-hydrogen) atoms. The first-order valence-corrected chi connectivity index (χ1v) is 11.1. The van der Waals surface area contributed by atoms with Gasteiger partial charge in [-0.1, -0.05) is 0 Å². The molecule has 0 bridgehead atoms. The molecule has 182 valence electrons. The number of carbonyl (C=O) groups is 2. The topological polar surface area (TPSA) is 132 Å². The number of ether oxygens (including phenoxy) is 4. The van der Waals surface area contributed by atoms with E-state index in [0.717, 1.165) is 0 Å². The smallest absolute Gasteiger partial charge is 0.414 e. The minimum Gasteiger partial charge on any atom is -0.486 e. The van der Waals surface area contributed by atoms with Crippen LogP contribution in [0.3, 0.4) is 0 Å². The van der Waals surface area contributed by atoms with Crippen molar-refractivity contribution < 1.29 is 33.6 Å². The summed E-state index contributed by atoms with van der Waals surface area (Å²) in [6.45, 7) is 1.30. The molecule has 2 amide bonds. The van der Waals surface area contributed by atoms with Gasteiger partial charge in [0, 0.05) is 23.9 Å². The summed E-state index contributed by atoms with van der Waals surface area (Å²) in [5.41, 5.74) is 2.14. The number of pyridine rings is 2. The first-order chi connectivity index (χ1) is 17.0. The fourth-order valence-electron chi connectivity index (χ4n) is 4.03. The summed E-state index contributed by atoms with van der Waals surface area (Å²) in [5.74, 6) is 1.20. The Morgan fingerprint density at radius 3 is 2.89 bits per heavy atom. The van der Waals surface area contributed by atoms with Crippen molar-refractivity contribution in [2.45, 2.75) is 18.6 Å². The molecule has 0 spiro atoms. The van der Waals surface area contributed by atoms with Crippen molar-refractivity contribution in [3.63, 3.8) is 0 Å². The number of nitrogens with one attached hydrogen (secondary N) is 1. The second-order valence-corrected chi connectivity index (χ2v) is 8.09. The van der Waals surface area contributed by atoms with E-state index in [-0.39, 0.29) is 25.4 Å². The normalized spacial score (nSPS) is 17.7. The molecule has 1 fully saturated rings. The van der Waals surface area contributed by atoms with Crippen LogP contribution >= 0.6 is 0 Å². The SMILES string of the molecule is COc1ccc2nccc([C@@H](O)CC(=O)NCC3CN(c4ccc5c(c4)OCCO5)C(=O)O3)c2n1. The third kappa shape index (κ3) is 4.76. The lowest BCUT2D eigenvalue weighted by atomic mass is 10.1. The Morgan fingerprint density at radius 2 is 2.06 bits per heavy atom. The summed E-state index contributed by atoms with van der Waals surface area (Å²) in [5, 5.41) is 13.4. The molecule has 0 saturated carbocycles. The van der Waals surface area contributed by atoms with Crippen LogP contribution in [0.25, 0.3) is 11.0 Å². The molecule has 2 N–H and O–H groups in total. The second-order valence-electron chi connectivity index (χ2n) is 8.09. The van der Waals surface area contributed by atoms with Gasteiger partial charge in [0.05, 0.1) is 49.4 Å². The first kappa shape index (κ1) is 22.7. The summed E-state index contributed by atoms with van der Waals surface area (Å²) in [7, 11) is 1.50. The Balaban J connectivity index is 1.18. The van der Waals surface area contributed by atoms with E-state index in [1.807, 2.05) is 0 Å². The highest BCUT2D eigenvalue weighted by molar-refractivity contribution is 5.90. The number of amides is 2. The monoisotopic (exact) mass is 480 g/mol. The van der Waals surface area contributed by atoms with Gasteiger partial charge in [-0.05, 0) is 24.3 Å². The molecule has 2 aliphatic heterocycles. The number of fused-ring (bicyclic) bond motifs is 2. The van der Waals surface area contributed by atoms with Gasteiger partial charge < -0.3 is 29.4 Å². The Morgan fingerprint density at radius 1 is 1.23 bits per heavy atom. The molecular formula is C24H24N4O7. The van der Waals surface area contributed by atoms with E-state index in [1.54, 1.807) is 42.6 Å². The van der Waals surface area contributed by atoms with Crippen LogP contribution in [0.4, 0.5) is 10.5 Å². The van der Waals surface area contributed by atoms with E-state index in [1.165, 1.54) is 12.0 Å². The third-order valence-corrected chi connectivity index (χ3v) is 5.77. The van der Waals surface area contributed by atoms with E-state index in [4.69, 9.17) is 18.9 Å². The molecule has 5 rings (SSSR count). The maximum absolute atomic E-state index is 12.5. The molecule has 0 aliphatic carbocycles. The molecule has 11 heteroatoms. The molecule has 3 aromatic rings. The number of methoxy groups -OCH3 is 1. The van der Waals surface area contributed by atoms with Crippen LogP contribution in [-0.2, 0) is 9.53 Å². The third-order valence-electron chi connectivity index (χ3n) is 5.77. The predicted octanol–water partition coefficient (Wildman–Crippen LogP) is 1.97. The van der Waals surface area contributed by atoms with Gasteiger partial charge >= 0.3 is 6.09 Å². The van der Waals surface area contributed by atoms with Gasteiger partial charge in [0.2, 0.25) is 11.8 Å². The highest BCUT2D eigenvalue weighted by atomic mass is 16.6. The number of aromatic nitrogens is 2. The summed E-state index contributed by atoms with van der Waals surface area (Å²) < 4.78 is 21.6. The van der Waals surface area contributed by atoms with Gasteiger partial charge in [0.1, 0.15) is 19.3 Å². The van der Waals surface area contributed by atoms with Crippen molar-refractivity contribution in [3.8, 4) is 17.4 Å². The van der Waals surface area contributed by atoms with Crippen LogP contribution in [0.2, 0.25) is 0 Å². The number of hydrogen-bond donors (Lipinski definition) is 2. The number of rotatable bonds is 7. The second kappa shape index (κ2) is 9.63. The molecule has 2 aliphatic rings. The molecule has 2 aromatic heterocycles. The number of aliphatic hydroxyl groups excluding tert-OH is 1. The van der Waals surface area contributed by atoms with Crippen LogP contribution in [0.1, 0.15) is 18.1 Å². The van der Waals surface area contributed by atoms with Crippen molar-refractivity contribution in [2.75, 3.05) is 38.3 Å². The van der Waals surface area contributed by atoms with Gasteiger partial charge in [0.25, 0.3) is 0 Å². The van der Waals surface area contributed by atoms with Crippen molar-refractivity contribution in [2.24, 2.45) is 0 Å². The zero-order valence-electron chi connectivity index (χ0n) is 19.0. The Labute approximate surface area is 200 Å². The van der Waals surface area contributed by atoms with Gasteiger partial charge in [0.15, 0.2) is 11.5 Å². The fraction of sp³-hybridized carbons (Fsp3) is 0.333. The molecular weight excluding hydrogens is 456 g/mol. The highest BCUT2D eigenvalue weighted by Crippen LogP contribution is 2.35. The number of nitrogens with zero attached hydrogens (tertiary/aromatic N) is 3. The van der Waals surface area contributed by atoms with E-state index >= 15 is 0 Å². The molecule has 1 unspecified atom stereocenters. The molecule has 1 saturated heterocycles. The average molecular weight is 480 g/mol. The summed E-state index contributed by atoms with van der Waals surface area (Å²) in [6, 6.07) is 10.3. The Hall–Kier alpha value is -4.12. The largest absolute Gasteiger partial charge is 0.486 e. The van der Waals surface area contributed by atoms with Crippen LogP contribution < -0.4 is 24.4 Å². The van der Waals surface area contributed by atoms with Gasteiger partial charge in [-0.3, -0.25) is 14.7 Å². The number of anilines is 1. The van der Waals surface area contributed by atoms with E-state index in [0.29, 0.717) is 52.9 Å². The number of hydrogen-bond acceptors (Lipinski definition) is 9. The number of carbonyl (C=O) groups excluding carboxylic acids is 2. The fourth-order valence-corrected chi connectivity index (χ4v) is 4.03. The van der Waals surface area contributed by atoms with Crippen molar-refractivity contribution in [3.05, 3.63) is 48.2 Å². The zero-order valence-corrected chi connectivity index (χ0v) is 19.0. The molecule has 0 radical (unpaired) electrons. The summed E-state index contributed by atoms with van der Waals surface area (Å²) >= 11 is 0. The van der Waals surface area contributed by atoms with E-state index in [9.17, 15) is 14.7 Å². The number of aliphatic hydroxyl groups is 1. The number of benzene rings is 1.